The Labute approximate surface area is 155 Å². The molecular formula is C16H16N4O4S2. The topological polar surface area (TPSA) is 96.2 Å². The summed E-state index contributed by atoms with van der Waals surface area (Å²) in [6.45, 7) is 0. The van der Waals surface area contributed by atoms with Gasteiger partial charge in [-0.1, -0.05) is 30.0 Å². The van der Waals surface area contributed by atoms with Gasteiger partial charge in [0.25, 0.3) is 0 Å². The standard InChI is InChI=1S/C16H16N4O4S2/c1-23-14-9-7-13(8-10-14)20-16(17-18-19-20)25-11-12-26(21,22)24-15-5-3-2-4-6-15/h2-10H,11-12H2,1H3. The van der Waals surface area contributed by atoms with Crippen LogP contribution in [0.1, 0.15) is 0 Å². The Morgan fingerprint density at radius 2 is 1.77 bits per heavy atom. The van der Waals surface area contributed by atoms with E-state index >= 15 is 0 Å². The zero-order valence-electron chi connectivity index (χ0n) is 13.8. The van der Waals surface area contributed by atoms with Gasteiger partial charge in [-0.15, -0.1) is 5.10 Å². The highest BCUT2D eigenvalue weighted by Crippen LogP contribution is 2.21. The van der Waals surface area contributed by atoms with Gasteiger partial charge in [-0.25, -0.2) is 0 Å². The number of aromatic nitrogens is 4. The van der Waals surface area contributed by atoms with E-state index in [2.05, 4.69) is 15.5 Å². The highest BCUT2D eigenvalue weighted by atomic mass is 32.2. The summed E-state index contributed by atoms with van der Waals surface area (Å²) < 4.78 is 35.8. The average molecular weight is 392 g/mol. The lowest BCUT2D eigenvalue weighted by Gasteiger charge is -2.07. The number of para-hydroxylation sites is 1. The Bertz CT molecular complexity index is 944. The molecule has 3 aromatic rings. The molecule has 2 aromatic carbocycles. The van der Waals surface area contributed by atoms with E-state index in [1.165, 1.54) is 16.4 Å². The number of thioether (sulfide) groups is 1. The molecule has 0 saturated carbocycles. The average Bonchev–Trinajstić information content (AvgIpc) is 3.10. The molecule has 10 heteroatoms. The lowest BCUT2D eigenvalue weighted by molar-refractivity contribution is 0.414. The van der Waals surface area contributed by atoms with Crippen LogP contribution in [0, 0.1) is 0 Å². The van der Waals surface area contributed by atoms with E-state index in [9.17, 15) is 8.42 Å². The van der Waals surface area contributed by atoms with Crippen LogP contribution in [0.2, 0.25) is 0 Å². The van der Waals surface area contributed by atoms with Crippen molar-refractivity contribution in [3.05, 3.63) is 54.6 Å². The quantitative estimate of drug-likeness (QED) is 0.425. The summed E-state index contributed by atoms with van der Waals surface area (Å²) in [5.74, 6) is 1.11. The number of tetrazole rings is 1. The van der Waals surface area contributed by atoms with E-state index in [0.717, 1.165) is 11.4 Å². The van der Waals surface area contributed by atoms with E-state index < -0.39 is 10.1 Å². The van der Waals surface area contributed by atoms with Crippen LogP contribution in [-0.2, 0) is 10.1 Å². The summed E-state index contributed by atoms with van der Waals surface area (Å²) in [5, 5.41) is 12.0. The minimum absolute atomic E-state index is 0.165. The molecule has 0 bridgehead atoms. The predicted molar refractivity (Wildman–Crippen MR) is 97.3 cm³/mol. The van der Waals surface area contributed by atoms with Gasteiger partial charge in [0.15, 0.2) is 0 Å². The zero-order valence-corrected chi connectivity index (χ0v) is 15.5. The molecule has 0 fully saturated rings. The van der Waals surface area contributed by atoms with Crippen LogP contribution in [0.3, 0.4) is 0 Å². The second-order valence-electron chi connectivity index (χ2n) is 5.08. The SMILES string of the molecule is COc1ccc(-n2nnnc2SCCS(=O)(=O)Oc2ccccc2)cc1. The summed E-state index contributed by atoms with van der Waals surface area (Å²) in [5.41, 5.74) is 0.752. The van der Waals surface area contributed by atoms with Gasteiger partial charge >= 0.3 is 10.1 Å². The largest absolute Gasteiger partial charge is 0.497 e. The third-order valence-corrected chi connectivity index (χ3v) is 5.62. The third-order valence-electron chi connectivity index (χ3n) is 3.29. The molecule has 3 rings (SSSR count). The number of rotatable bonds is 8. The van der Waals surface area contributed by atoms with Crippen molar-refractivity contribution in [1.29, 1.82) is 0 Å². The first-order chi connectivity index (χ1) is 12.6. The van der Waals surface area contributed by atoms with Crippen molar-refractivity contribution in [2.75, 3.05) is 18.6 Å². The fraction of sp³-hybridized carbons (Fsp3) is 0.188. The van der Waals surface area contributed by atoms with Gasteiger partial charge in [-0.05, 0) is 46.8 Å². The summed E-state index contributed by atoms with van der Waals surface area (Å²) >= 11 is 1.23. The molecular weight excluding hydrogens is 376 g/mol. The summed E-state index contributed by atoms with van der Waals surface area (Å²) in [6, 6.07) is 15.6. The number of methoxy groups -OCH3 is 1. The fourth-order valence-electron chi connectivity index (χ4n) is 2.05. The van der Waals surface area contributed by atoms with E-state index in [1.54, 1.807) is 49.6 Å². The van der Waals surface area contributed by atoms with Crippen molar-refractivity contribution >= 4 is 21.9 Å². The van der Waals surface area contributed by atoms with Gasteiger partial charge < -0.3 is 8.92 Å². The van der Waals surface area contributed by atoms with E-state index in [-0.39, 0.29) is 11.5 Å². The molecule has 0 spiro atoms. The minimum Gasteiger partial charge on any atom is -0.497 e. The highest BCUT2D eigenvalue weighted by Gasteiger charge is 2.15. The number of ether oxygens (including phenoxy) is 1. The first-order valence-corrected chi connectivity index (χ1v) is 10.2. The van der Waals surface area contributed by atoms with Gasteiger partial charge in [0.2, 0.25) is 5.16 Å². The summed E-state index contributed by atoms with van der Waals surface area (Å²) in [4.78, 5) is 0. The van der Waals surface area contributed by atoms with E-state index in [0.29, 0.717) is 10.9 Å². The molecule has 0 aliphatic carbocycles. The molecule has 0 radical (unpaired) electrons. The van der Waals surface area contributed by atoms with Crippen LogP contribution in [0.15, 0.2) is 59.8 Å². The Morgan fingerprint density at radius 3 is 2.46 bits per heavy atom. The minimum atomic E-state index is -3.69. The second kappa shape index (κ2) is 8.19. The van der Waals surface area contributed by atoms with Crippen LogP contribution >= 0.6 is 11.8 Å². The maximum atomic E-state index is 12.0. The maximum absolute atomic E-state index is 12.0. The Kier molecular flexibility index (Phi) is 5.74. The van der Waals surface area contributed by atoms with Crippen molar-refractivity contribution in [3.8, 4) is 17.2 Å². The lowest BCUT2D eigenvalue weighted by Crippen LogP contribution is -2.15. The molecule has 0 saturated heterocycles. The van der Waals surface area contributed by atoms with Gasteiger partial charge in [-0.3, -0.25) is 0 Å². The number of hydrogen-bond donors (Lipinski definition) is 0. The van der Waals surface area contributed by atoms with Gasteiger partial charge in [0, 0.05) is 5.75 Å². The number of benzene rings is 2. The normalized spacial score (nSPS) is 11.3. The fourth-order valence-corrected chi connectivity index (χ4v) is 4.23. The number of hydrogen-bond acceptors (Lipinski definition) is 8. The molecule has 1 heterocycles. The van der Waals surface area contributed by atoms with Crippen molar-refractivity contribution < 1.29 is 17.3 Å². The van der Waals surface area contributed by atoms with E-state index in [1.807, 2.05) is 12.1 Å². The molecule has 0 N–H and O–H groups in total. The second-order valence-corrected chi connectivity index (χ2v) is 7.83. The van der Waals surface area contributed by atoms with Crippen LogP contribution in [0.25, 0.3) is 5.69 Å². The van der Waals surface area contributed by atoms with Gasteiger partial charge in [0.1, 0.15) is 11.5 Å². The molecule has 0 aliphatic heterocycles. The molecule has 26 heavy (non-hydrogen) atoms. The molecule has 1 aromatic heterocycles. The van der Waals surface area contributed by atoms with Crippen molar-refractivity contribution in [2.24, 2.45) is 0 Å². The molecule has 136 valence electrons. The van der Waals surface area contributed by atoms with Crippen molar-refractivity contribution in [3.63, 3.8) is 0 Å². The maximum Gasteiger partial charge on any atom is 0.310 e. The Balaban J connectivity index is 1.61. The molecule has 0 unspecified atom stereocenters. The first-order valence-electron chi connectivity index (χ1n) is 7.60. The van der Waals surface area contributed by atoms with Crippen LogP contribution in [0.5, 0.6) is 11.5 Å². The van der Waals surface area contributed by atoms with Gasteiger partial charge in [0.05, 0.1) is 18.6 Å². The van der Waals surface area contributed by atoms with Crippen LogP contribution in [0.4, 0.5) is 0 Å². The Hall–Kier alpha value is -2.59. The lowest BCUT2D eigenvalue weighted by atomic mass is 10.3. The third kappa shape index (κ3) is 4.73. The number of nitrogens with zero attached hydrogens (tertiary/aromatic N) is 4. The van der Waals surface area contributed by atoms with Crippen LogP contribution in [-0.4, -0.2) is 47.2 Å². The van der Waals surface area contributed by atoms with Crippen molar-refractivity contribution in [2.45, 2.75) is 5.16 Å². The predicted octanol–water partition coefficient (Wildman–Crippen LogP) is 2.17. The zero-order chi connectivity index (χ0) is 18.4. The molecule has 0 aliphatic rings. The monoisotopic (exact) mass is 392 g/mol. The summed E-state index contributed by atoms with van der Waals surface area (Å²) in [7, 11) is -2.10. The smallest absolute Gasteiger partial charge is 0.310 e. The Morgan fingerprint density at radius 1 is 1.04 bits per heavy atom. The van der Waals surface area contributed by atoms with Crippen LogP contribution < -0.4 is 8.92 Å². The summed E-state index contributed by atoms with van der Waals surface area (Å²) in [6.07, 6.45) is 0. The molecule has 0 amide bonds. The van der Waals surface area contributed by atoms with Gasteiger partial charge in [-0.2, -0.15) is 13.1 Å². The van der Waals surface area contributed by atoms with Crippen molar-refractivity contribution in [1.82, 2.24) is 20.2 Å². The molecule has 0 atom stereocenters. The van der Waals surface area contributed by atoms with E-state index in [4.69, 9.17) is 8.92 Å². The first kappa shape index (κ1) is 18.2. The highest BCUT2D eigenvalue weighted by molar-refractivity contribution is 8.00. The molecule has 8 nitrogen and oxygen atoms in total.